The summed E-state index contributed by atoms with van der Waals surface area (Å²) < 4.78 is 42.3. The first-order chi connectivity index (χ1) is 13.9. The van der Waals surface area contributed by atoms with Crippen molar-refractivity contribution in [2.45, 2.75) is 44.6 Å². The fourth-order valence-electron chi connectivity index (χ4n) is 2.97. The van der Waals surface area contributed by atoms with Gasteiger partial charge in [-0.05, 0) is 31.9 Å². The average molecular weight is 425 g/mol. The van der Waals surface area contributed by atoms with Gasteiger partial charge >= 0.3 is 6.18 Å². The van der Waals surface area contributed by atoms with E-state index in [9.17, 15) is 18.0 Å². The highest BCUT2D eigenvalue weighted by molar-refractivity contribution is 5.82. The molecule has 3 aromatic rings. The van der Waals surface area contributed by atoms with Crippen LogP contribution in [0.5, 0.6) is 0 Å². The van der Waals surface area contributed by atoms with Gasteiger partial charge in [0.25, 0.3) is 0 Å². The molecule has 0 aliphatic rings. The van der Waals surface area contributed by atoms with E-state index in [1.54, 1.807) is 38.0 Å². The van der Waals surface area contributed by atoms with Gasteiger partial charge in [0.1, 0.15) is 5.69 Å². The SMILES string of the molecule is Cn1cc(C[C@@H](N)C(=O)NC(C)(C)Cn2nc(C(F)(F)F)cc2-c2cn[nH]n2)cn1. The lowest BCUT2D eigenvalue weighted by molar-refractivity contribution is -0.141. The minimum absolute atomic E-state index is 0.0450. The molecular weight excluding hydrogens is 403 g/mol. The lowest BCUT2D eigenvalue weighted by atomic mass is 10.0. The van der Waals surface area contributed by atoms with Crippen LogP contribution in [0.25, 0.3) is 11.4 Å². The number of nitrogens with zero attached hydrogens (tertiary/aromatic N) is 6. The summed E-state index contributed by atoms with van der Waals surface area (Å²) in [6.07, 6.45) is 0.321. The first-order valence-corrected chi connectivity index (χ1v) is 9.01. The van der Waals surface area contributed by atoms with Crippen LogP contribution in [0.3, 0.4) is 0 Å². The standard InChI is InChI=1S/C17H22F3N9O/c1-16(2,24-15(30)11(21)4-10-6-23-28(3)8-10)9-29-13(12-7-22-27-25-12)5-14(26-29)17(18,19)20/h5-8,11H,4,9,21H2,1-3H3,(H,24,30)(H,22,25,27)/t11-/m1/s1. The van der Waals surface area contributed by atoms with Gasteiger partial charge in [0.2, 0.25) is 5.91 Å². The fourth-order valence-corrected chi connectivity index (χ4v) is 2.97. The summed E-state index contributed by atoms with van der Waals surface area (Å²) >= 11 is 0. The molecule has 3 aromatic heterocycles. The molecule has 3 heterocycles. The highest BCUT2D eigenvalue weighted by atomic mass is 19.4. The smallest absolute Gasteiger partial charge is 0.348 e. The Morgan fingerprint density at radius 3 is 2.63 bits per heavy atom. The zero-order valence-electron chi connectivity index (χ0n) is 16.6. The summed E-state index contributed by atoms with van der Waals surface area (Å²) in [6.45, 7) is 3.29. The Kier molecular flexibility index (Phi) is 5.65. The van der Waals surface area contributed by atoms with Crippen molar-refractivity contribution in [3.63, 3.8) is 0 Å². The van der Waals surface area contributed by atoms with Crippen LogP contribution in [-0.2, 0) is 31.0 Å². The van der Waals surface area contributed by atoms with Crippen molar-refractivity contribution in [2.24, 2.45) is 12.8 Å². The largest absolute Gasteiger partial charge is 0.435 e. The van der Waals surface area contributed by atoms with E-state index in [1.807, 2.05) is 0 Å². The fraction of sp³-hybridized carbons (Fsp3) is 0.471. The first-order valence-electron chi connectivity index (χ1n) is 9.01. The maximum absolute atomic E-state index is 13.2. The van der Waals surface area contributed by atoms with E-state index in [0.29, 0.717) is 0 Å². The second kappa shape index (κ2) is 7.89. The highest BCUT2D eigenvalue weighted by Gasteiger charge is 2.36. The summed E-state index contributed by atoms with van der Waals surface area (Å²) in [5, 5.41) is 20.3. The van der Waals surface area contributed by atoms with Crippen LogP contribution in [0.4, 0.5) is 13.2 Å². The topological polar surface area (TPSA) is 132 Å². The van der Waals surface area contributed by atoms with Gasteiger partial charge in [0.05, 0.1) is 36.2 Å². The molecule has 162 valence electrons. The first kappa shape index (κ1) is 21.5. The average Bonchev–Trinajstić information content (AvgIpc) is 3.34. The van der Waals surface area contributed by atoms with Gasteiger partial charge in [-0.3, -0.25) is 14.2 Å². The molecule has 0 fully saturated rings. The molecule has 3 rings (SSSR count). The van der Waals surface area contributed by atoms with Crippen molar-refractivity contribution >= 4 is 5.91 Å². The predicted octanol–water partition coefficient (Wildman–Crippen LogP) is 0.885. The molecule has 0 saturated carbocycles. The summed E-state index contributed by atoms with van der Waals surface area (Å²) in [5.74, 6) is -0.435. The molecule has 0 spiro atoms. The number of nitrogens with one attached hydrogen (secondary N) is 2. The molecule has 1 amide bonds. The van der Waals surface area contributed by atoms with Gasteiger partial charge in [-0.1, -0.05) is 0 Å². The van der Waals surface area contributed by atoms with Gasteiger partial charge in [-0.15, -0.1) is 0 Å². The lowest BCUT2D eigenvalue weighted by Crippen LogP contribution is -2.53. The number of H-pyrrole nitrogens is 1. The number of aromatic amines is 1. The third kappa shape index (κ3) is 5.03. The van der Waals surface area contributed by atoms with Crippen LogP contribution in [0.15, 0.2) is 24.7 Å². The molecule has 1 atom stereocenters. The van der Waals surface area contributed by atoms with Crippen molar-refractivity contribution < 1.29 is 18.0 Å². The van der Waals surface area contributed by atoms with Crippen molar-refractivity contribution in [1.82, 2.24) is 40.3 Å². The Bertz CT molecular complexity index is 1000. The highest BCUT2D eigenvalue weighted by Crippen LogP contribution is 2.31. The molecule has 4 N–H and O–H groups in total. The molecule has 0 saturated heterocycles. The second-order valence-corrected chi connectivity index (χ2v) is 7.63. The van der Waals surface area contributed by atoms with Gasteiger partial charge in [0.15, 0.2) is 5.69 Å². The number of rotatable bonds is 7. The minimum Gasteiger partial charge on any atom is -0.348 e. The molecule has 13 heteroatoms. The third-order valence-corrected chi connectivity index (χ3v) is 4.31. The Hall–Kier alpha value is -3.22. The number of carbonyl (C=O) groups excluding carboxylic acids is 1. The molecule has 30 heavy (non-hydrogen) atoms. The molecule has 0 radical (unpaired) electrons. The molecule has 0 aliphatic carbocycles. The van der Waals surface area contributed by atoms with Gasteiger partial charge in [-0.25, -0.2) is 0 Å². The molecule has 0 aromatic carbocycles. The monoisotopic (exact) mass is 425 g/mol. The molecule has 0 aliphatic heterocycles. The Labute approximate surface area is 169 Å². The maximum atomic E-state index is 13.2. The number of halogens is 3. The maximum Gasteiger partial charge on any atom is 0.435 e. The number of hydrogen-bond donors (Lipinski definition) is 3. The summed E-state index contributed by atoms with van der Waals surface area (Å²) in [6, 6.07) is 0.0519. The van der Waals surface area contributed by atoms with Crippen molar-refractivity contribution in [1.29, 1.82) is 0 Å². The minimum atomic E-state index is -4.62. The van der Waals surface area contributed by atoms with E-state index in [2.05, 4.69) is 30.9 Å². The van der Waals surface area contributed by atoms with Crippen LogP contribution < -0.4 is 11.1 Å². The lowest BCUT2D eigenvalue weighted by Gasteiger charge is -2.28. The number of amides is 1. The number of aryl methyl sites for hydroxylation is 1. The number of alkyl halides is 3. The van der Waals surface area contributed by atoms with Crippen molar-refractivity contribution in [3.8, 4) is 11.4 Å². The van der Waals surface area contributed by atoms with E-state index in [-0.39, 0.29) is 24.4 Å². The Morgan fingerprint density at radius 1 is 1.33 bits per heavy atom. The Morgan fingerprint density at radius 2 is 2.07 bits per heavy atom. The van der Waals surface area contributed by atoms with Gasteiger partial charge in [-0.2, -0.15) is 38.8 Å². The van der Waals surface area contributed by atoms with Crippen molar-refractivity contribution in [2.75, 3.05) is 0 Å². The quantitative estimate of drug-likeness (QED) is 0.515. The van der Waals surface area contributed by atoms with E-state index in [0.717, 1.165) is 16.3 Å². The summed E-state index contributed by atoms with van der Waals surface area (Å²) in [7, 11) is 1.75. The zero-order valence-corrected chi connectivity index (χ0v) is 16.6. The molecule has 0 bridgehead atoms. The number of aromatic nitrogens is 7. The number of nitrogens with two attached hydrogens (primary N) is 1. The van der Waals surface area contributed by atoms with Crippen LogP contribution >= 0.6 is 0 Å². The van der Waals surface area contributed by atoms with E-state index in [4.69, 9.17) is 5.73 Å². The van der Waals surface area contributed by atoms with E-state index >= 15 is 0 Å². The summed E-state index contributed by atoms with van der Waals surface area (Å²) in [5.41, 5.74) is 5.10. The molecule has 10 nitrogen and oxygen atoms in total. The van der Waals surface area contributed by atoms with E-state index < -0.39 is 29.4 Å². The Balaban J connectivity index is 1.75. The predicted molar refractivity (Wildman–Crippen MR) is 99.7 cm³/mol. The van der Waals surface area contributed by atoms with Gasteiger partial charge < -0.3 is 11.1 Å². The van der Waals surface area contributed by atoms with Crippen LogP contribution in [0, 0.1) is 0 Å². The van der Waals surface area contributed by atoms with Crippen LogP contribution in [-0.4, -0.2) is 52.5 Å². The number of hydrogen-bond acceptors (Lipinski definition) is 6. The van der Waals surface area contributed by atoms with Crippen molar-refractivity contribution in [3.05, 3.63) is 35.9 Å². The van der Waals surface area contributed by atoms with E-state index in [1.165, 1.54) is 6.20 Å². The second-order valence-electron chi connectivity index (χ2n) is 7.63. The normalized spacial score (nSPS) is 13.4. The van der Waals surface area contributed by atoms with Gasteiger partial charge in [0, 0.05) is 13.2 Å². The molecule has 0 unspecified atom stereocenters. The van der Waals surface area contributed by atoms with Crippen LogP contribution in [0.1, 0.15) is 25.1 Å². The molecular formula is C17H22F3N9O. The zero-order chi connectivity index (χ0) is 22.1. The third-order valence-electron chi connectivity index (χ3n) is 4.31. The van der Waals surface area contributed by atoms with Crippen LogP contribution in [0.2, 0.25) is 0 Å². The summed E-state index contributed by atoms with van der Waals surface area (Å²) in [4.78, 5) is 12.5. The number of carbonyl (C=O) groups is 1.